The fraction of sp³-hybridized carbons (Fsp3) is 0.0556. The van der Waals surface area contributed by atoms with Gasteiger partial charge in [-0.15, -0.1) is 0 Å². The van der Waals surface area contributed by atoms with Crippen molar-refractivity contribution < 1.29 is 0 Å². The molecule has 0 atom stereocenters. The number of hydrogen-bond acceptors (Lipinski definition) is 3. The van der Waals surface area contributed by atoms with Crippen molar-refractivity contribution >= 4 is 29.1 Å². The molecule has 2 heterocycles. The van der Waals surface area contributed by atoms with Gasteiger partial charge >= 0.3 is 0 Å². The Bertz CT molecular complexity index is 1020. The third kappa shape index (κ3) is 2.47. The number of hydrogen-bond donors (Lipinski definition) is 2. The summed E-state index contributed by atoms with van der Waals surface area (Å²) >= 11 is 6.22. The number of nitrogen functional groups attached to an aromatic ring is 1. The van der Waals surface area contributed by atoms with Crippen molar-refractivity contribution in [2.24, 2.45) is 0 Å². The van der Waals surface area contributed by atoms with Gasteiger partial charge in [0.05, 0.1) is 11.4 Å². The molecule has 3 N–H and O–H groups in total. The van der Waals surface area contributed by atoms with Crippen molar-refractivity contribution in [1.29, 1.82) is 0 Å². The highest BCUT2D eigenvalue weighted by Crippen LogP contribution is 2.15. The average molecular weight is 323 g/mol. The van der Waals surface area contributed by atoms with E-state index in [0.717, 1.165) is 38.9 Å². The smallest absolute Gasteiger partial charge is 0.152 e. The van der Waals surface area contributed by atoms with Gasteiger partial charge < -0.3 is 5.73 Å². The van der Waals surface area contributed by atoms with Crippen LogP contribution in [0.2, 0.25) is 5.02 Å². The summed E-state index contributed by atoms with van der Waals surface area (Å²) in [6.07, 6.45) is 4.02. The molecular weight excluding hydrogens is 308 g/mol. The summed E-state index contributed by atoms with van der Waals surface area (Å²) in [4.78, 5) is 4.55. The second-order valence-electron chi connectivity index (χ2n) is 5.60. The van der Waals surface area contributed by atoms with Gasteiger partial charge in [-0.2, -0.15) is 0 Å². The molecule has 1 aromatic heterocycles. The Morgan fingerprint density at radius 2 is 1.91 bits per heavy atom. The van der Waals surface area contributed by atoms with E-state index in [9.17, 15) is 0 Å². The monoisotopic (exact) mass is 322 g/mol. The number of nitrogens with one attached hydrogen (secondary N) is 1. The maximum Gasteiger partial charge on any atom is 0.152 e. The Balaban J connectivity index is 2.06. The predicted octanol–water partition coefficient (Wildman–Crippen LogP) is 1.97. The first-order valence-corrected chi connectivity index (χ1v) is 7.68. The van der Waals surface area contributed by atoms with Crippen LogP contribution in [0.15, 0.2) is 48.7 Å². The fourth-order valence-corrected chi connectivity index (χ4v) is 2.94. The van der Waals surface area contributed by atoms with Gasteiger partial charge in [-0.1, -0.05) is 29.8 Å². The van der Waals surface area contributed by atoms with E-state index in [2.05, 4.69) is 16.5 Å². The topological polar surface area (TPSA) is 55.9 Å². The summed E-state index contributed by atoms with van der Waals surface area (Å²) in [6.45, 7) is 1.97. The molecule has 0 saturated heterocycles. The lowest BCUT2D eigenvalue weighted by atomic mass is 10.1. The van der Waals surface area contributed by atoms with Crippen molar-refractivity contribution in [2.75, 3.05) is 11.2 Å². The number of aryl methyl sites for hydroxylation is 1. The lowest BCUT2D eigenvalue weighted by Gasteiger charge is -2.13. The van der Waals surface area contributed by atoms with E-state index in [4.69, 9.17) is 17.3 Å². The second-order valence-corrected chi connectivity index (χ2v) is 6.03. The molecule has 4 rings (SSSR count). The molecule has 1 aliphatic heterocycles. The van der Waals surface area contributed by atoms with Crippen LogP contribution >= 0.6 is 11.6 Å². The zero-order valence-electron chi connectivity index (χ0n) is 12.5. The Hall–Kier alpha value is -2.72. The van der Waals surface area contributed by atoms with Crippen molar-refractivity contribution in [3.8, 4) is 0 Å². The summed E-state index contributed by atoms with van der Waals surface area (Å²) in [5.41, 5.74) is 13.0. The van der Waals surface area contributed by atoms with E-state index < -0.39 is 0 Å². The van der Waals surface area contributed by atoms with Gasteiger partial charge in [-0.3, -0.25) is 5.43 Å². The van der Waals surface area contributed by atoms with Crippen molar-refractivity contribution in [1.82, 2.24) is 9.66 Å². The zero-order valence-corrected chi connectivity index (χ0v) is 13.3. The second kappa shape index (κ2) is 5.18. The molecule has 0 aliphatic carbocycles. The molecule has 0 bridgehead atoms. The SMILES string of the molecule is Cc1cn2c(n1)C=c1ccc(Cl)cc1=C(c1ccc(N)cc1)N2. The van der Waals surface area contributed by atoms with Crippen molar-refractivity contribution in [2.45, 2.75) is 6.92 Å². The number of nitrogens with zero attached hydrogens (tertiary/aromatic N) is 2. The first-order valence-electron chi connectivity index (χ1n) is 7.31. The minimum atomic E-state index is 0.697. The average Bonchev–Trinajstić information content (AvgIpc) is 2.80. The van der Waals surface area contributed by atoms with Crippen LogP contribution in [0.25, 0.3) is 11.8 Å². The minimum absolute atomic E-state index is 0.697. The highest BCUT2D eigenvalue weighted by atomic mass is 35.5. The number of nitrogens with two attached hydrogens (primary N) is 1. The van der Waals surface area contributed by atoms with Crippen LogP contribution in [0.1, 0.15) is 17.1 Å². The van der Waals surface area contributed by atoms with Gasteiger partial charge in [0, 0.05) is 27.7 Å². The molecule has 2 aromatic carbocycles. The zero-order chi connectivity index (χ0) is 16.0. The molecule has 0 fully saturated rings. The molecule has 3 aromatic rings. The highest BCUT2D eigenvalue weighted by Gasteiger charge is 2.12. The van der Waals surface area contributed by atoms with Gasteiger partial charge in [0.15, 0.2) is 5.82 Å². The van der Waals surface area contributed by atoms with Crippen LogP contribution in [0, 0.1) is 6.92 Å². The lowest BCUT2D eigenvalue weighted by Crippen LogP contribution is -2.29. The standard InChI is InChI=1S/C18H15ClN4/c1-11-10-23-17(21-11)8-13-2-5-14(19)9-16(13)18(22-23)12-3-6-15(20)7-4-12/h2-10,22H,20H2,1H3. The minimum Gasteiger partial charge on any atom is -0.399 e. The normalized spacial score (nSPS) is 12.7. The van der Waals surface area contributed by atoms with Crippen LogP contribution < -0.4 is 21.6 Å². The summed E-state index contributed by atoms with van der Waals surface area (Å²) < 4.78 is 1.93. The predicted molar refractivity (Wildman–Crippen MR) is 94.0 cm³/mol. The Morgan fingerprint density at radius 3 is 2.70 bits per heavy atom. The van der Waals surface area contributed by atoms with Gasteiger partial charge in [0.25, 0.3) is 0 Å². The summed E-state index contributed by atoms with van der Waals surface area (Å²) in [5.74, 6) is 0.858. The molecule has 5 heteroatoms. The molecule has 0 amide bonds. The van der Waals surface area contributed by atoms with Crippen LogP contribution in [0.5, 0.6) is 0 Å². The quantitative estimate of drug-likeness (QED) is 0.674. The van der Waals surface area contributed by atoms with E-state index in [-0.39, 0.29) is 0 Å². The maximum atomic E-state index is 6.22. The molecule has 0 spiro atoms. The molecule has 1 aliphatic rings. The molecule has 0 radical (unpaired) electrons. The number of halogens is 1. The van der Waals surface area contributed by atoms with E-state index in [1.165, 1.54) is 0 Å². The maximum absolute atomic E-state index is 6.22. The molecule has 114 valence electrons. The number of rotatable bonds is 1. The van der Waals surface area contributed by atoms with E-state index in [1.807, 2.05) is 60.3 Å². The number of aromatic nitrogens is 2. The van der Waals surface area contributed by atoms with Crippen molar-refractivity contribution in [3.05, 3.63) is 81.2 Å². The van der Waals surface area contributed by atoms with Crippen LogP contribution in [-0.2, 0) is 0 Å². The van der Waals surface area contributed by atoms with Crippen LogP contribution in [-0.4, -0.2) is 9.66 Å². The van der Waals surface area contributed by atoms with Crippen molar-refractivity contribution in [3.63, 3.8) is 0 Å². The Labute approximate surface area is 138 Å². The van der Waals surface area contributed by atoms with E-state index in [1.54, 1.807) is 0 Å². The number of fused-ring (bicyclic) bond motifs is 2. The van der Waals surface area contributed by atoms with Gasteiger partial charge in [0.2, 0.25) is 0 Å². The molecule has 4 nitrogen and oxygen atoms in total. The third-order valence-electron chi connectivity index (χ3n) is 3.85. The third-order valence-corrected chi connectivity index (χ3v) is 4.09. The molecule has 0 saturated carbocycles. The number of benzene rings is 2. The number of imidazole rings is 1. The Morgan fingerprint density at radius 1 is 1.13 bits per heavy atom. The Kier molecular flexibility index (Phi) is 3.13. The fourth-order valence-electron chi connectivity index (χ4n) is 2.77. The summed E-state index contributed by atoms with van der Waals surface area (Å²) in [6, 6.07) is 13.6. The van der Waals surface area contributed by atoms with E-state index >= 15 is 0 Å². The van der Waals surface area contributed by atoms with Gasteiger partial charge in [-0.05, 0) is 42.5 Å². The first-order chi connectivity index (χ1) is 11.1. The largest absolute Gasteiger partial charge is 0.399 e. The first kappa shape index (κ1) is 13.9. The molecule has 0 unspecified atom stereocenters. The van der Waals surface area contributed by atoms with Crippen LogP contribution in [0.4, 0.5) is 5.69 Å². The molecule has 23 heavy (non-hydrogen) atoms. The van der Waals surface area contributed by atoms with Gasteiger partial charge in [0.1, 0.15) is 0 Å². The van der Waals surface area contributed by atoms with Gasteiger partial charge in [-0.25, -0.2) is 9.66 Å². The van der Waals surface area contributed by atoms with Crippen LogP contribution in [0.3, 0.4) is 0 Å². The highest BCUT2D eigenvalue weighted by molar-refractivity contribution is 6.30. The van der Waals surface area contributed by atoms with E-state index in [0.29, 0.717) is 5.02 Å². The summed E-state index contributed by atoms with van der Waals surface area (Å²) in [5, 5.41) is 2.80. The summed E-state index contributed by atoms with van der Waals surface area (Å²) in [7, 11) is 0. The molecular formula is C18H15ClN4. The lowest BCUT2D eigenvalue weighted by molar-refractivity contribution is 0.943. The number of anilines is 1.